The van der Waals surface area contributed by atoms with Crippen molar-refractivity contribution in [1.29, 1.82) is 0 Å². The minimum atomic E-state index is -0.290. The number of piperazine rings is 1. The molecule has 35 heavy (non-hydrogen) atoms. The van der Waals surface area contributed by atoms with Crippen LogP contribution in [0.4, 0.5) is 14.5 Å². The quantitative estimate of drug-likeness (QED) is 0.420. The molecule has 0 unspecified atom stereocenters. The van der Waals surface area contributed by atoms with Gasteiger partial charge in [0.25, 0.3) is 0 Å². The molecular weight excluding hydrogens is 492 g/mol. The van der Waals surface area contributed by atoms with E-state index in [1.54, 1.807) is 50.6 Å². The molecule has 0 bridgehead atoms. The Morgan fingerprint density at radius 1 is 0.857 bits per heavy atom. The number of rotatable bonds is 6. The molecule has 1 heterocycles. The fourth-order valence-corrected chi connectivity index (χ4v) is 4.76. The van der Waals surface area contributed by atoms with Crippen LogP contribution in [0.15, 0.2) is 60.7 Å². The molecule has 0 atom stereocenters. The largest absolute Gasteiger partial charge is 0.495 e. The summed E-state index contributed by atoms with van der Waals surface area (Å²) in [5.41, 5.74) is 2.56. The monoisotopic (exact) mass is 517 g/mol. The van der Waals surface area contributed by atoms with Gasteiger partial charge in [0.2, 0.25) is 0 Å². The molecule has 0 amide bonds. The molecule has 9 heteroatoms. The lowest BCUT2D eigenvalue weighted by Crippen LogP contribution is -2.51. The van der Waals surface area contributed by atoms with Gasteiger partial charge in [-0.3, -0.25) is 4.90 Å². The molecule has 3 aromatic carbocycles. The fourth-order valence-electron chi connectivity index (χ4n) is 4.24. The standard InChI is InChI=1S/C26H26ClF2N3O2S/c1-33-23-16-22(24(34-2)15-21(23)27)30-26(35)32-13-11-31(12-14-32)25(17-3-7-19(28)8-4-17)18-5-9-20(29)10-6-18/h3-10,15-16,25H,11-14H2,1-2H3,(H,30,35). The van der Waals surface area contributed by atoms with Crippen molar-refractivity contribution < 1.29 is 18.3 Å². The number of thiocarbonyl (C=S) groups is 1. The van der Waals surface area contributed by atoms with E-state index in [0.29, 0.717) is 53.5 Å². The van der Waals surface area contributed by atoms with Gasteiger partial charge < -0.3 is 19.7 Å². The minimum Gasteiger partial charge on any atom is -0.495 e. The Balaban J connectivity index is 1.48. The average molecular weight is 518 g/mol. The van der Waals surface area contributed by atoms with Crippen molar-refractivity contribution in [1.82, 2.24) is 9.80 Å². The molecular formula is C26H26ClF2N3O2S. The lowest BCUT2D eigenvalue weighted by atomic mass is 9.96. The van der Waals surface area contributed by atoms with Gasteiger partial charge in [-0.15, -0.1) is 0 Å². The number of methoxy groups -OCH3 is 2. The summed E-state index contributed by atoms with van der Waals surface area (Å²) < 4.78 is 37.9. The van der Waals surface area contributed by atoms with E-state index in [1.165, 1.54) is 24.3 Å². The first kappa shape index (κ1) is 25.2. The first-order chi connectivity index (χ1) is 16.9. The Bertz CT molecular complexity index is 1120. The summed E-state index contributed by atoms with van der Waals surface area (Å²) >= 11 is 11.9. The lowest BCUT2D eigenvalue weighted by Gasteiger charge is -2.40. The van der Waals surface area contributed by atoms with E-state index in [4.69, 9.17) is 33.3 Å². The van der Waals surface area contributed by atoms with Gasteiger partial charge in [-0.1, -0.05) is 35.9 Å². The molecule has 1 fully saturated rings. The van der Waals surface area contributed by atoms with Crippen LogP contribution in [0.5, 0.6) is 11.5 Å². The fraction of sp³-hybridized carbons (Fsp3) is 0.269. The van der Waals surface area contributed by atoms with E-state index >= 15 is 0 Å². The van der Waals surface area contributed by atoms with Crippen molar-refractivity contribution in [2.45, 2.75) is 6.04 Å². The second-order valence-corrected chi connectivity index (χ2v) is 8.94. The van der Waals surface area contributed by atoms with Crippen molar-refractivity contribution in [2.75, 3.05) is 45.7 Å². The molecule has 1 N–H and O–H groups in total. The SMILES string of the molecule is COc1cc(NC(=S)N2CCN(C(c3ccc(F)cc3)c3ccc(F)cc3)CC2)c(OC)cc1Cl. The van der Waals surface area contributed by atoms with Crippen LogP contribution in [0.2, 0.25) is 5.02 Å². The Labute approximate surface area is 214 Å². The normalized spacial score (nSPS) is 14.2. The van der Waals surface area contributed by atoms with Gasteiger partial charge in [0.1, 0.15) is 23.1 Å². The molecule has 0 spiro atoms. The third kappa shape index (κ3) is 5.83. The van der Waals surface area contributed by atoms with Gasteiger partial charge in [-0.25, -0.2) is 8.78 Å². The molecule has 0 aliphatic carbocycles. The molecule has 3 aromatic rings. The van der Waals surface area contributed by atoms with Gasteiger partial charge in [0, 0.05) is 38.3 Å². The third-order valence-electron chi connectivity index (χ3n) is 6.05. The molecule has 0 saturated carbocycles. The van der Waals surface area contributed by atoms with Crippen LogP contribution in [0, 0.1) is 11.6 Å². The topological polar surface area (TPSA) is 37.0 Å². The maximum Gasteiger partial charge on any atom is 0.173 e. The number of benzene rings is 3. The highest BCUT2D eigenvalue weighted by Crippen LogP contribution is 2.36. The Morgan fingerprint density at radius 2 is 1.37 bits per heavy atom. The highest BCUT2D eigenvalue weighted by atomic mass is 35.5. The molecule has 184 valence electrons. The number of ether oxygens (including phenoxy) is 2. The third-order valence-corrected chi connectivity index (χ3v) is 6.71. The van der Waals surface area contributed by atoms with Crippen LogP contribution < -0.4 is 14.8 Å². The molecule has 4 rings (SSSR count). The van der Waals surface area contributed by atoms with E-state index < -0.39 is 0 Å². The summed E-state index contributed by atoms with van der Waals surface area (Å²) in [6, 6.07) is 16.2. The minimum absolute atomic E-state index is 0.125. The van der Waals surface area contributed by atoms with Crippen molar-refractivity contribution in [3.8, 4) is 11.5 Å². The van der Waals surface area contributed by atoms with Gasteiger partial charge in [-0.2, -0.15) is 0 Å². The van der Waals surface area contributed by atoms with E-state index in [-0.39, 0.29) is 17.7 Å². The van der Waals surface area contributed by atoms with Crippen LogP contribution in [0.25, 0.3) is 0 Å². The van der Waals surface area contributed by atoms with Crippen molar-refractivity contribution in [3.05, 3.63) is 88.4 Å². The van der Waals surface area contributed by atoms with E-state index in [9.17, 15) is 8.78 Å². The molecule has 0 radical (unpaired) electrons. The number of halogens is 3. The predicted octanol–water partition coefficient (Wildman–Crippen LogP) is 5.74. The maximum atomic E-state index is 13.6. The first-order valence-corrected chi connectivity index (χ1v) is 11.9. The Hall–Kier alpha value is -2.94. The summed E-state index contributed by atoms with van der Waals surface area (Å²) in [4.78, 5) is 4.38. The average Bonchev–Trinajstić information content (AvgIpc) is 2.87. The van der Waals surface area contributed by atoms with Crippen molar-refractivity contribution >= 4 is 34.6 Å². The number of hydrogen-bond acceptors (Lipinski definition) is 4. The number of nitrogens with one attached hydrogen (secondary N) is 1. The highest BCUT2D eigenvalue weighted by molar-refractivity contribution is 7.80. The number of nitrogens with zero attached hydrogens (tertiary/aromatic N) is 2. The van der Waals surface area contributed by atoms with Gasteiger partial charge >= 0.3 is 0 Å². The zero-order valence-electron chi connectivity index (χ0n) is 19.4. The second kappa shape index (κ2) is 11.2. The molecule has 1 aliphatic rings. The van der Waals surface area contributed by atoms with E-state index in [0.717, 1.165) is 11.1 Å². The van der Waals surface area contributed by atoms with Crippen LogP contribution in [0.1, 0.15) is 17.2 Å². The van der Waals surface area contributed by atoms with Gasteiger partial charge in [-0.05, 0) is 47.6 Å². The highest BCUT2D eigenvalue weighted by Gasteiger charge is 2.28. The maximum absolute atomic E-state index is 13.6. The van der Waals surface area contributed by atoms with Gasteiger partial charge in [0.05, 0.1) is 31.0 Å². The summed E-state index contributed by atoms with van der Waals surface area (Å²) in [6.45, 7) is 2.78. The first-order valence-electron chi connectivity index (χ1n) is 11.1. The second-order valence-electron chi connectivity index (χ2n) is 8.15. The summed E-state index contributed by atoms with van der Waals surface area (Å²) in [7, 11) is 3.11. The summed E-state index contributed by atoms with van der Waals surface area (Å²) in [6.07, 6.45) is 0. The number of hydrogen-bond donors (Lipinski definition) is 1. The molecule has 1 saturated heterocycles. The van der Waals surface area contributed by atoms with Crippen molar-refractivity contribution in [3.63, 3.8) is 0 Å². The van der Waals surface area contributed by atoms with Crippen LogP contribution in [0.3, 0.4) is 0 Å². The summed E-state index contributed by atoms with van der Waals surface area (Å²) in [5.74, 6) is 0.498. The number of anilines is 1. The van der Waals surface area contributed by atoms with Gasteiger partial charge in [0.15, 0.2) is 5.11 Å². The predicted molar refractivity (Wildman–Crippen MR) is 139 cm³/mol. The Morgan fingerprint density at radius 3 is 1.86 bits per heavy atom. The molecule has 1 aliphatic heterocycles. The Kier molecular flexibility index (Phi) is 8.05. The van der Waals surface area contributed by atoms with Crippen molar-refractivity contribution in [2.24, 2.45) is 0 Å². The van der Waals surface area contributed by atoms with Crippen LogP contribution in [-0.4, -0.2) is 55.3 Å². The lowest BCUT2D eigenvalue weighted by molar-refractivity contribution is 0.151. The zero-order valence-corrected chi connectivity index (χ0v) is 21.0. The summed E-state index contributed by atoms with van der Waals surface area (Å²) in [5, 5.41) is 4.25. The molecule has 5 nitrogen and oxygen atoms in total. The van der Waals surface area contributed by atoms with Crippen LogP contribution >= 0.6 is 23.8 Å². The van der Waals surface area contributed by atoms with E-state index in [1.807, 2.05) is 0 Å². The zero-order chi connectivity index (χ0) is 24.9. The molecule has 0 aromatic heterocycles. The smallest absolute Gasteiger partial charge is 0.173 e. The van der Waals surface area contributed by atoms with Crippen LogP contribution in [-0.2, 0) is 0 Å². The van der Waals surface area contributed by atoms with E-state index in [2.05, 4.69) is 15.1 Å².